The number of halogens is 2. The zero-order chi connectivity index (χ0) is 46.7. The van der Waals surface area contributed by atoms with Crippen LogP contribution in [0.15, 0.2) is 42.7 Å². The number of piperidine rings is 2. The molecule has 352 valence electrons. The van der Waals surface area contributed by atoms with Gasteiger partial charge in [-0.2, -0.15) is 10.2 Å². The summed E-state index contributed by atoms with van der Waals surface area (Å²) >= 11 is 0. The van der Waals surface area contributed by atoms with Gasteiger partial charge in [0.2, 0.25) is 23.6 Å². The Morgan fingerprint density at radius 2 is 1.64 bits per heavy atom. The van der Waals surface area contributed by atoms with Crippen LogP contribution in [0, 0.1) is 0 Å². The maximum Gasteiger partial charge on any atom is 0.264 e. The van der Waals surface area contributed by atoms with Crippen LogP contribution < -0.4 is 10.2 Å². The number of alkyl halides is 2. The summed E-state index contributed by atoms with van der Waals surface area (Å²) in [6, 6.07) is 7.73. The first-order valence-electron chi connectivity index (χ1n) is 23.5. The van der Waals surface area contributed by atoms with E-state index >= 15 is 0 Å². The molecule has 3 fully saturated rings. The summed E-state index contributed by atoms with van der Waals surface area (Å²) in [4.78, 5) is 88.9. The number of aryl methyl sites for hydroxylation is 2. The van der Waals surface area contributed by atoms with E-state index < -0.39 is 36.1 Å². The number of carbonyl (C=O) groups excluding carboxylic acids is 6. The molecule has 0 aliphatic carbocycles. The number of nitrogens with zero attached hydrogens (tertiary/aromatic N) is 10. The molecule has 2 aromatic heterocycles. The highest BCUT2D eigenvalue weighted by Crippen LogP contribution is 2.44. The Hall–Kier alpha value is -6.34. The lowest BCUT2D eigenvalue weighted by atomic mass is 9.92. The quantitative estimate of drug-likeness (QED) is 0.231. The van der Waals surface area contributed by atoms with E-state index in [0.717, 1.165) is 58.9 Å². The van der Waals surface area contributed by atoms with Crippen LogP contribution in [-0.4, -0.2) is 151 Å². The molecule has 19 heteroatoms. The predicted molar refractivity (Wildman–Crippen MR) is 240 cm³/mol. The highest BCUT2D eigenvalue weighted by Gasteiger charge is 2.45. The van der Waals surface area contributed by atoms with E-state index in [1.165, 1.54) is 0 Å². The molecule has 6 aliphatic heterocycles. The summed E-state index contributed by atoms with van der Waals surface area (Å²) in [7, 11) is 1.77. The molecule has 3 saturated heterocycles. The van der Waals surface area contributed by atoms with E-state index in [4.69, 9.17) is 5.10 Å². The van der Waals surface area contributed by atoms with Gasteiger partial charge in [0, 0.05) is 120 Å². The number of rotatable bonds is 10. The molecule has 2 aromatic carbocycles. The predicted octanol–water partition coefficient (Wildman–Crippen LogP) is 3.64. The number of fused-ring (bicyclic) bond motifs is 3. The third-order valence-corrected chi connectivity index (χ3v) is 14.6. The molecule has 0 bridgehead atoms. The zero-order valence-electron chi connectivity index (χ0n) is 37.9. The van der Waals surface area contributed by atoms with Crippen LogP contribution in [0.4, 0.5) is 20.3 Å². The topological polar surface area (TPSA) is 170 Å². The molecule has 0 radical (unpaired) electrons. The van der Waals surface area contributed by atoms with Gasteiger partial charge in [0.15, 0.2) is 5.82 Å². The molecule has 1 atom stereocenters. The van der Waals surface area contributed by atoms with Crippen molar-refractivity contribution in [1.29, 1.82) is 0 Å². The fraction of sp³-hybridized carbons (Fsp3) is 0.500. The number of nitrogens with one attached hydrogen (secondary N) is 1. The third kappa shape index (κ3) is 8.40. The lowest BCUT2D eigenvalue weighted by Gasteiger charge is -2.37. The number of benzene rings is 2. The van der Waals surface area contributed by atoms with Crippen molar-refractivity contribution in [2.45, 2.75) is 83.3 Å². The number of hydrogen-bond acceptors (Lipinski definition) is 11. The van der Waals surface area contributed by atoms with E-state index in [2.05, 4.69) is 29.8 Å². The lowest BCUT2D eigenvalue weighted by molar-refractivity contribution is -0.136. The monoisotopic (exact) mass is 919 g/mol. The number of amides is 6. The van der Waals surface area contributed by atoms with Crippen molar-refractivity contribution in [2.24, 2.45) is 7.05 Å². The Morgan fingerprint density at radius 1 is 0.866 bits per heavy atom. The third-order valence-electron chi connectivity index (χ3n) is 14.6. The molecule has 1 N–H and O–H groups in total. The van der Waals surface area contributed by atoms with Crippen molar-refractivity contribution in [3.63, 3.8) is 0 Å². The number of anilines is 2. The van der Waals surface area contributed by atoms with Gasteiger partial charge in [-0.3, -0.25) is 53.2 Å². The Labute approximate surface area is 386 Å². The minimum atomic E-state index is -2.69. The van der Waals surface area contributed by atoms with Gasteiger partial charge < -0.3 is 19.6 Å². The van der Waals surface area contributed by atoms with Crippen LogP contribution in [0.1, 0.15) is 100 Å². The molecule has 8 heterocycles. The summed E-state index contributed by atoms with van der Waals surface area (Å²) in [6.45, 7) is 8.17. The second-order valence-corrected chi connectivity index (χ2v) is 18.7. The van der Waals surface area contributed by atoms with Crippen LogP contribution in [0.5, 0.6) is 0 Å². The van der Waals surface area contributed by atoms with Crippen molar-refractivity contribution < 1.29 is 37.5 Å². The van der Waals surface area contributed by atoms with E-state index in [9.17, 15) is 37.5 Å². The molecule has 6 amide bonds. The van der Waals surface area contributed by atoms with Crippen LogP contribution >= 0.6 is 0 Å². The Bertz CT molecular complexity index is 2660. The van der Waals surface area contributed by atoms with Crippen molar-refractivity contribution in [2.75, 3.05) is 70.3 Å². The Kier molecular flexibility index (Phi) is 12.0. The van der Waals surface area contributed by atoms with Crippen molar-refractivity contribution in [1.82, 2.24) is 49.4 Å². The summed E-state index contributed by atoms with van der Waals surface area (Å²) in [5.74, 6) is -1.29. The minimum absolute atomic E-state index is 0.0224. The van der Waals surface area contributed by atoms with Crippen molar-refractivity contribution in [3.8, 4) is 11.1 Å². The van der Waals surface area contributed by atoms with Gasteiger partial charge >= 0.3 is 0 Å². The normalized spacial score (nSPS) is 20.7. The van der Waals surface area contributed by atoms with Gasteiger partial charge in [0.05, 0.1) is 36.5 Å². The van der Waals surface area contributed by atoms with Crippen LogP contribution in [0.3, 0.4) is 0 Å². The van der Waals surface area contributed by atoms with Gasteiger partial charge in [0.25, 0.3) is 18.2 Å². The maximum absolute atomic E-state index is 14.7. The van der Waals surface area contributed by atoms with E-state index in [1.54, 1.807) is 49.2 Å². The highest BCUT2D eigenvalue weighted by atomic mass is 19.3. The average molecular weight is 920 g/mol. The second-order valence-electron chi connectivity index (χ2n) is 18.7. The van der Waals surface area contributed by atoms with Gasteiger partial charge in [-0.25, -0.2) is 8.78 Å². The fourth-order valence-electron chi connectivity index (χ4n) is 11.0. The Morgan fingerprint density at radius 3 is 2.36 bits per heavy atom. The number of piperazine rings is 1. The number of imide groups is 2. The molecular formula is C48H55F2N11O6. The molecule has 0 saturated carbocycles. The molecule has 67 heavy (non-hydrogen) atoms. The summed E-state index contributed by atoms with van der Waals surface area (Å²) in [5.41, 5.74) is 6.13. The summed E-state index contributed by atoms with van der Waals surface area (Å²) < 4.78 is 33.2. The molecule has 6 aliphatic rings. The maximum atomic E-state index is 14.7. The highest BCUT2D eigenvalue weighted by molar-refractivity contribution is 6.24. The molecule has 17 nitrogen and oxygen atoms in total. The van der Waals surface area contributed by atoms with E-state index in [1.807, 2.05) is 21.9 Å². The first kappa shape index (κ1) is 44.5. The standard InChI is InChI=1S/C48H55F2N11O6/c1-29(62)58-18-13-38-37(27-58)45(59-14-4-6-31-23-35(32-25-51-54(2)26-32)36(44(49)50)24-40(31)59)53-61(38)33-11-16-57(17-12-33)42(64)28-56-21-19-55(20-22-56)15-10-30-5-3-7-34-43(30)48(67)60(47(34)66)39-8-9-41(63)52-46(39)65/h3,5,7,23-26,33,39,44H,4,6,8-22,27-28H2,1-2H3,(H,52,63,65). The van der Waals surface area contributed by atoms with Crippen LogP contribution in [0.25, 0.3) is 11.1 Å². The number of aromatic nitrogens is 4. The van der Waals surface area contributed by atoms with E-state index in [0.29, 0.717) is 107 Å². The SMILES string of the molecule is CC(=O)N1CCc2c(c(N3CCCc4cc(-c5cnn(C)c5)c(C(F)F)cc43)nn2C2CCN(C(=O)CN3CCN(CCc4cccc5c4C(=O)N(C4CCC(=O)NC4=O)C5=O)CC3)CC2)C1. The van der Waals surface area contributed by atoms with Crippen molar-refractivity contribution >= 4 is 46.9 Å². The smallest absolute Gasteiger partial charge is 0.264 e. The molecular weight excluding hydrogens is 865 g/mol. The van der Waals surface area contributed by atoms with Gasteiger partial charge in [0.1, 0.15) is 6.04 Å². The molecule has 4 aromatic rings. The molecule has 10 rings (SSSR count). The first-order chi connectivity index (χ1) is 32.3. The summed E-state index contributed by atoms with van der Waals surface area (Å²) in [6.07, 6.45) is 5.00. The first-order valence-corrected chi connectivity index (χ1v) is 23.5. The number of hydrogen-bond donors (Lipinski definition) is 1. The number of likely N-dealkylation sites (tertiary alicyclic amines) is 1. The van der Waals surface area contributed by atoms with Crippen LogP contribution in [0.2, 0.25) is 0 Å². The second kappa shape index (κ2) is 18.0. The minimum Gasteiger partial charge on any atom is -0.341 e. The Balaban J connectivity index is 0.765. The summed E-state index contributed by atoms with van der Waals surface area (Å²) in [5, 5.41) is 11.7. The number of carbonyl (C=O) groups is 6. The van der Waals surface area contributed by atoms with Gasteiger partial charge in [-0.15, -0.1) is 0 Å². The average Bonchev–Trinajstić information content (AvgIpc) is 4.01. The largest absolute Gasteiger partial charge is 0.341 e. The van der Waals surface area contributed by atoms with Gasteiger partial charge in [-0.05, 0) is 73.4 Å². The van der Waals surface area contributed by atoms with Gasteiger partial charge in [-0.1, -0.05) is 12.1 Å². The zero-order valence-corrected chi connectivity index (χ0v) is 37.9. The molecule has 1 unspecified atom stereocenters. The molecule has 0 spiro atoms. The van der Waals surface area contributed by atoms with Crippen molar-refractivity contribution in [3.05, 3.63) is 81.8 Å². The van der Waals surface area contributed by atoms with Crippen LogP contribution in [-0.2, 0) is 52.0 Å². The van der Waals surface area contributed by atoms with E-state index in [-0.39, 0.29) is 41.8 Å². The lowest BCUT2D eigenvalue weighted by Crippen LogP contribution is -2.54. The fourth-order valence-corrected chi connectivity index (χ4v) is 11.0.